The van der Waals surface area contributed by atoms with Crippen LogP contribution in [-0.4, -0.2) is 59.9 Å². The van der Waals surface area contributed by atoms with Crippen LogP contribution in [0.5, 0.6) is 0 Å². The van der Waals surface area contributed by atoms with Gasteiger partial charge in [0.2, 0.25) is 0 Å². The van der Waals surface area contributed by atoms with E-state index < -0.39 is 51.1 Å². The molecule has 0 aromatic rings. The van der Waals surface area contributed by atoms with Crippen LogP contribution in [0.4, 0.5) is 0 Å². The number of ether oxygens (including phenoxy) is 2. The summed E-state index contributed by atoms with van der Waals surface area (Å²) in [6, 6.07) is -1.53. The minimum atomic E-state index is -4.74. The van der Waals surface area contributed by atoms with E-state index >= 15 is 0 Å². The lowest BCUT2D eigenvalue weighted by Crippen LogP contribution is -2.34. The van der Waals surface area contributed by atoms with Crippen LogP contribution in [0.25, 0.3) is 0 Å². The quantitative estimate of drug-likeness (QED) is 0.0229. The highest BCUT2D eigenvalue weighted by Gasteiger charge is 2.28. The third-order valence-electron chi connectivity index (χ3n) is 10.6. The summed E-state index contributed by atoms with van der Waals surface area (Å²) in [4.78, 5) is 46.2. The van der Waals surface area contributed by atoms with Gasteiger partial charge in [0.25, 0.3) is 0 Å². The molecule has 0 aromatic carbocycles. The number of aliphatic carboxylic acids is 1. The molecule has 0 aliphatic rings. The number of hydrogen-bond acceptors (Lipinski definition) is 9. The van der Waals surface area contributed by atoms with Gasteiger partial charge in [0, 0.05) is 12.8 Å². The summed E-state index contributed by atoms with van der Waals surface area (Å²) in [5, 5.41) is 8.92. The molecule has 4 N–H and O–H groups in total. The van der Waals surface area contributed by atoms with Crippen LogP contribution in [0.2, 0.25) is 0 Å². The maximum absolute atomic E-state index is 12.7. The maximum Gasteiger partial charge on any atom is 0.472 e. The monoisotopic (exact) mass is 946 g/mol. The number of carboxylic acids is 1. The number of carboxylic acid groups (broad SMARTS) is 1. The van der Waals surface area contributed by atoms with E-state index in [4.69, 9.17) is 24.8 Å². The fourth-order valence-electron chi connectivity index (χ4n) is 6.65. The van der Waals surface area contributed by atoms with Gasteiger partial charge in [0.15, 0.2) is 6.10 Å². The Labute approximate surface area is 401 Å². The third-order valence-corrected chi connectivity index (χ3v) is 11.6. The summed E-state index contributed by atoms with van der Waals surface area (Å²) in [6.45, 7) is 2.66. The first-order valence-corrected chi connectivity index (χ1v) is 27.1. The van der Waals surface area contributed by atoms with Crippen molar-refractivity contribution in [2.24, 2.45) is 5.73 Å². The van der Waals surface area contributed by atoms with Crippen molar-refractivity contribution in [2.75, 3.05) is 19.8 Å². The van der Waals surface area contributed by atoms with Crippen LogP contribution in [0.1, 0.15) is 206 Å². The minimum Gasteiger partial charge on any atom is -0.480 e. The van der Waals surface area contributed by atoms with Gasteiger partial charge in [-0.3, -0.25) is 23.4 Å². The van der Waals surface area contributed by atoms with Crippen LogP contribution in [0.15, 0.2) is 85.1 Å². The smallest absolute Gasteiger partial charge is 0.472 e. The molecule has 3 unspecified atom stereocenters. The fraction of sp³-hybridized carbons (Fsp3) is 0.685. The topological polar surface area (TPSA) is 172 Å². The summed E-state index contributed by atoms with van der Waals surface area (Å²) in [5.41, 5.74) is 5.35. The van der Waals surface area contributed by atoms with Crippen LogP contribution in [0.3, 0.4) is 0 Å². The van der Waals surface area contributed by atoms with E-state index in [1.54, 1.807) is 0 Å². The van der Waals surface area contributed by atoms with E-state index in [9.17, 15) is 23.8 Å². The number of esters is 2. The highest BCUT2D eigenvalue weighted by molar-refractivity contribution is 7.47. The van der Waals surface area contributed by atoms with E-state index in [2.05, 4.69) is 103 Å². The number of carbonyl (C=O) groups is 3. The van der Waals surface area contributed by atoms with Gasteiger partial charge in [0.1, 0.15) is 12.6 Å². The number of carbonyl (C=O) groups excluding carboxylic acids is 2. The van der Waals surface area contributed by atoms with Crippen molar-refractivity contribution >= 4 is 25.7 Å². The SMILES string of the molecule is CC/C=C\C/C=C\C/C=C\C/C=C\C/C=C\CCCCCC(=O)OC(COC(=O)CCCCCCCCCCCCC/C=C\C/C=C\CCCCCCC)COP(=O)(O)OCC(N)C(=O)O. The molecule has 0 aliphatic heterocycles. The predicted octanol–water partition coefficient (Wildman–Crippen LogP) is 14.6. The van der Waals surface area contributed by atoms with Gasteiger partial charge in [-0.25, -0.2) is 4.57 Å². The third kappa shape index (κ3) is 47.2. The Morgan fingerprint density at radius 3 is 1.29 bits per heavy atom. The second-order valence-corrected chi connectivity index (χ2v) is 18.4. The van der Waals surface area contributed by atoms with Crippen molar-refractivity contribution in [1.82, 2.24) is 0 Å². The molecule has 0 heterocycles. The van der Waals surface area contributed by atoms with Gasteiger partial charge in [-0.1, -0.05) is 189 Å². The fourth-order valence-corrected chi connectivity index (χ4v) is 7.43. The second kappa shape index (κ2) is 48.1. The van der Waals surface area contributed by atoms with E-state index in [0.29, 0.717) is 12.8 Å². The predicted molar refractivity (Wildman–Crippen MR) is 272 cm³/mol. The average Bonchev–Trinajstić information content (AvgIpc) is 3.30. The molecule has 66 heavy (non-hydrogen) atoms. The van der Waals surface area contributed by atoms with Gasteiger partial charge in [-0.15, -0.1) is 0 Å². The normalized spacial score (nSPS) is 14.2. The zero-order valence-electron chi connectivity index (χ0n) is 41.3. The number of phosphoric acid groups is 1. The first-order valence-electron chi connectivity index (χ1n) is 25.6. The second-order valence-electron chi connectivity index (χ2n) is 16.9. The summed E-state index contributed by atoms with van der Waals surface area (Å²) < 4.78 is 32.8. The molecule has 0 bridgehead atoms. The standard InChI is InChI=1S/C54H92NO10P/c1-3-5-7-9-11-13-15-17-19-21-23-24-25-26-28-29-31-33-35-37-39-41-43-45-52(56)62-47-50(48-63-66(60,61)64-49-51(55)54(58)59)65-53(57)46-44-42-40-38-36-34-32-30-27-22-20-18-16-14-12-10-8-6-4-2/h6,8,12,14-15,17-18,20-21,23,27,30,34,36,50-51H,3-5,7,9-11,13,16,19,22,24-26,28-29,31-33,35,37-49,55H2,1-2H3,(H,58,59)(H,60,61)/b8-6-,14-12-,17-15-,20-18-,23-21-,30-27-,36-34-. The number of allylic oxidation sites excluding steroid dienone is 14. The Morgan fingerprint density at radius 2 is 0.848 bits per heavy atom. The van der Waals surface area contributed by atoms with Crippen molar-refractivity contribution < 1.29 is 47.5 Å². The van der Waals surface area contributed by atoms with Crippen LogP contribution in [-0.2, 0) is 37.5 Å². The van der Waals surface area contributed by atoms with Gasteiger partial charge < -0.3 is 25.2 Å². The molecule has 0 fully saturated rings. The lowest BCUT2D eigenvalue weighted by Gasteiger charge is -2.20. The summed E-state index contributed by atoms with van der Waals surface area (Å²) in [6.07, 6.45) is 60.7. The molecule has 378 valence electrons. The summed E-state index contributed by atoms with van der Waals surface area (Å²) >= 11 is 0. The number of rotatable bonds is 47. The molecule has 0 spiro atoms. The Morgan fingerprint density at radius 1 is 0.485 bits per heavy atom. The maximum atomic E-state index is 12.7. The van der Waals surface area contributed by atoms with E-state index in [0.717, 1.165) is 77.0 Å². The van der Waals surface area contributed by atoms with Crippen LogP contribution in [0, 0.1) is 0 Å². The van der Waals surface area contributed by atoms with Crippen molar-refractivity contribution in [2.45, 2.75) is 219 Å². The average molecular weight is 946 g/mol. The highest BCUT2D eigenvalue weighted by atomic mass is 31.2. The van der Waals surface area contributed by atoms with Crippen LogP contribution < -0.4 is 5.73 Å². The largest absolute Gasteiger partial charge is 0.480 e. The summed E-state index contributed by atoms with van der Waals surface area (Å²) in [5.74, 6) is -2.43. The van der Waals surface area contributed by atoms with Crippen molar-refractivity contribution in [3.05, 3.63) is 85.1 Å². The van der Waals surface area contributed by atoms with E-state index in [-0.39, 0.29) is 19.4 Å². The first-order chi connectivity index (χ1) is 32.1. The lowest BCUT2D eigenvalue weighted by atomic mass is 10.0. The molecule has 3 atom stereocenters. The molecule has 0 saturated carbocycles. The van der Waals surface area contributed by atoms with Crippen LogP contribution >= 0.6 is 7.82 Å². The Bertz CT molecular complexity index is 1440. The number of unbranched alkanes of at least 4 members (excludes halogenated alkanes) is 19. The molecule has 12 heteroatoms. The molecule has 0 aromatic heterocycles. The minimum absolute atomic E-state index is 0.118. The van der Waals surface area contributed by atoms with Crippen molar-refractivity contribution in [1.29, 1.82) is 0 Å². The number of hydrogen-bond donors (Lipinski definition) is 3. The molecule has 0 aliphatic carbocycles. The van der Waals surface area contributed by atoms with Crippen molar-refractivity contribution in [3.8, 4) is 0 Å². The Kier molecular flexibility index (Phi) is 45.7. The first kappa shape index (κ1) is 62.7. The van der Waals surface area contributed by atoms with Gasteiger partial charge in [-0.05, 0) is 89.9 Å². The number of nitrogens with two attached hydrogens (primary N) is 1. The zero-order chi connectivity index (χ0) is 48.4. The molecule has 0 radical (unpaired) electrons. The van der Waals surface area contributed by atoms with E-state index in [1.165, 1.54) is 89.9 Å². The van der Waals surface area contributed by atoms with Crippen molar-refractivity contribution in [3.63, 3.8) is 0 Å². The summed E-state index contributed by atoms with van der Waals surface area (Å²) in [7, 11) is -4.74. The Balaban J connectivity index is 4.30. The molecule has 0 saturated heterocycles. The van der Waals surface area contributed by atoms with Gasteiger partial charge in [0.05, 0.1) is 13.2 Å². The van der Waals surface area contributed by atoms with Gasteiger partial charge in [-0.2, -0.15) is 0 Å². The highest BCUT2D eigenvalue weighted by Crippen LogP contribution is 2.43. The molecule has 0 rings (SSSR count). The molecular formula is C54H92NO10P. The lowest BCUT2D eigenvalue weighted by molar-refractivity contribution is -0.161. The molecule has 0 amide bonds. The van der Waals surface area contributed by atoms with E-state index in [1.807, 2.05) is 0 Å². The molecular weight excluding hydrogens is 854 g/mol. The number of phosphoric ester groups is 1. The Hall–Kier alpha value is -3.34. The molecule has 11 nitrogen and oxygen atoms in total. The zero-order valence-corrected chi connectivity index (χ0v) is 42.2. The van der Waals surface area contributed by atoms with Gasteiger partial charge >= 0.3 is 25.7 Å².